The van der Waals surface area contributed by atoms with E-state index in [1.165, 1.54) is 24.0 Å². The van der Waals surface area contributed by atoms with Gasteiger partial charge in [-0.1, -0.05) is 31.2 Å². The quantitative estimate of drug-likeness (QED) is 0.561. The minimum Gasteiger partial charge on any atom is -0.366 e. The van der Waals surface area contributed by atoms with Crippen LogP contribution in [0.25, 0.3) is 0 Å². The SMILES string of the molecule is CCc1ccc(CNc2cc(NN)nc(C3CC3)n2)cc1. The topological polar surface area (TPSA) is 75.9 Å². The molecule has 1 aliphatic rings. The zero-order valence-electron chi connectivity index (χ0n) is 12.3. The summed E-state index contributed by atoms with van der Waals surface area (Å²) >= 11 is 0. The van der Waals surface area contributed by atoms with Crippen molar-refractivity contribution in [3.05, 3.63) is 47.3 Å². The molecule has 0 amide bonds. The maximum absolute atomic E-state index is 5.48. The van der Waals surface area contributed by atoms with E-state index in [4.69, 9.17) is 5.84 Å². The normalized spacial score (nSPS) is 14.0. The van der Waals surface area contributed by atoms with E-state index in [-0.39, 0.29) is 0 Å². The molecule has 1 saturated carbocycles. The molecule has 0 unspecified atom stereocenters. The molecule has 4 N–H and O–H groups in total. The molecule has 0 aliphatic heterocycles. The lowest BCUT2D eigenvalue weighted by Crippen LogP contribution is -2.12. The highest BCUT2D eigenvalue weighted by Gasteiger charge is 2.27. The Labute approximate surface area is 125 Å². The molecule has 5 nitrogen and oxygen atoms in total. The smallest absolute Gasteiger partial charge is 0.145 e. The molecular weight excluding hydrogens is 262 g/mol. The van der Waals surface area contributed by atoms with Gasteiger partial charge in [-0.2, -0.15) is 0 Å². The number of nitrogens with one attached hydrogen (secondary N) is 2. The standard InChI is InChI=1S/C16H21N5/c1-2-11-3-5-12(6-4-11)10-18-14-9-15(21-17)20-16(19-14)13-7-8-13/h3-6,9,13H,2,7-8,10,17H2,1H3,(H2,18,19,20,21). The van der Waals surface area contributed by atoms with Crippen LogP contribution < -0.4 is 16.6 Å². The van der Waals surface area contributed by atoms with Gasteiger partial charge in [0.15, 0.2) is 0 Å². The second-order valence-electron chi connectivity index (χ2n) is 5.44. The molecule has 3 rings (SSSR count). The summed E-state index contributed by atoms with van der Waals surface area (Å²) in [6, 6.07) is 10.5. The Balaban J connectivity index is 1.69. The van der Waals surface area contributed by atoms with Gasteiger partial charge in [0.2, 0.25) is 0 Å². The van der Waals surface area contributed by atoms with Crippen LogP contribution in [-0.4, -0.2) is 9.97 Å². The predicted octanol–water partition coefficient (Wildman–Crippen LogP) is 2.81. The van der Waals surface area contributed by atoms with Gasteiger partial charge in [0.1, 0.15) is 17.5 Å². The van der Waals surface area contributed by atoms with Crippen LogP contribution in [0.5, 0.6) is 0 Å². The molecule has 0 atom stereocenters. The lowest BCUT2D eigenvalue weighted by Gasteiger charge is -2.10. The Hall–Kier alpha value is -2.14. The molecule has 0 spiro atoms. The fraction of sp³-hybridized carbons (Fsp3) is 0.375. The lowest BCUT2D eigenvalue weighted by molar-refractivity contribution is 0.920. The number of anilines is 2. The first-order valence-electron chi connectivity index (χ1n) is 7.45. The molecule has 0 bridgehead atoms. The summed E-state index contributed by atoms with van der Waals surface area (Å²) in [6.07, 6.45) is 3.41. The highest BCUT2D eigenvalue weighted by atomic mass is 15.3. The van der Waals surface area contributed by atoms with Crippen molar-refractivity contribution in [1.82, 2.24) is 9.97 Å². The van der Waals surface area contributed by atoms with Crippen LogP contribution in [0.1, 0.15) is 42.6 Å². The Kier molecular flexibility index (Phi) is 4.01. The third-order valence-corrected chi connectivity index (χ3v) is 3.74. The van der Waals surface area contributed by atoms with E-state index in [0.717, 1.165) is 24.6 Å². The summed E-state index contributed by atoms with van der Waals surface area (Å²) in [5.41, 5.74) is 5.20. The summed E-state index contributed by atoms with van der Waals surface area (Å²) in [5.74, 6) is 8.35. The van der Waals surface area contributed by atoms with Crippen molar-refractivity contribution in [1.29, 1.82) is 0 Å². The number of hydrogen-bond acceptors (Lipinski definition) is 5. The Morgan fingerprint density at radius 2 is 1.76 bits per heavy atom. The summed E-state index contributed by atoms with van der Waals surface area (Å²) in [7, 11) is 0. The number of hydrogen-bond donors (Lipinski definition) is 3. The summed E-state index contributed by atoms with van der Waals surface area (Å²) in [5, 5.41) is 3.35. The van der Waals surface area contributed by atoms with Gasteiger partial charge < -0.3 is 10.7 Å². The van der Waals surface area contributed by atoms with Crippen molar-refractivity contribution in [2.75, 3.05) is 10.7 Å². The van der Waals surface area contributed by atoms with Gasteiger partial charge in [0.05, 0.1) is 0 Å². The average molecular weight is 283 g/mol. The molecule has 0 radical (unpaired) electrons. The Bertz CT molecular complexity index is 605. The maximum Gasteiger partial charge on any atom is 0.145 e. The van der Waals surface area contributed by atoms with E-state index < -0.39 is 0 Å². The van der Waals surface area contributed by atoms with Crippen molar-refractivity contribution in [3.63, 3.8) is 0 Å². The second kappa shape index (κ2) is 6.10. The van der Waals surface area contributed by atoms with Gasteiger partial charge in [0, 0.05) is 18.5 Å². The number of benzene rings is 1. The first-order valence-corrected chi connectivity index (χ1v) is 7.45. The van der Waals surface area contributed by atoms with E-state index in [1.807, 2.05) is 6.07 Å². The number of aryl methyl sites for hydroxylation is 1. The van der Waals surface area contributed by atoms with Crippen molar-refractivity contribution < 1.29 is 0 Å². The van der Waals surface area contributed by atoms with Crippen molar-refractivity contribution in [3.8, 4) is 0 Å². The fourth-order valence-corrected chi connectivity index (χ4v) is 2.24. The molecule has 1 aromatic heterocycles. The zero-order valence-corrected chi connectivity index (χ0v) is 12.3. The minimum atomic E-state index is 0.502. The van der Waals surface area contributed by atoms with Crippen LogP contribution in [0.3, 0.4) is 0 Å². The van der Waals surface area contributed by atoms with Crippen molar-refractivity contribution in [2.24, 2.45) is 5.84 Å². The molecular formula is C16H21N5. The van der Waals surface area contributed by atoms with Crippen LogP contribution >= 0.6 is 0 Å². The van der Waals surface area contributed by atoms with Crippen LogP contribution in [0, 0.1) is 0 Å². The molecule has 1 aromatic carbocycles. The molecule has 1 aliphatic carbocycles. The fourth-order valence-electron chi connectivity index (χ4n) is 2.24. The predicted molar refractivity (Wildman–Crippen MR) is 85.0 cm³/mol. The van der Waals surface area contributed by atoms with E-state index >= 15 is 0 Å². The molecule has 1 fully saturated rings. The molecule has 0 saturated heterocycles. The van der Waals surface area contributed by atoms with Crippen molar-refractivity contribution in [2.45, 2.75) is 38.6 Å². The number of hydrazine groups is 1. The van der Waals surface area contributed by atoms with Gasteiger partial charge in [-0.25, -0.2) is 15.8 Å². The monoisotopic (exact) mass is 283 g/mol. The third-order valence-electron chi connectivity index (χ3n) is 3.74. The summed E-state index contributed by atoms with van der Waals surface area (Å²) in [4.78, 5) is 8.98. The number of rotatable bonds is 6. The van der Waals surface area contributed by atoms with E-state index in [0.29, 0.717) is 11.7 Å². The number of nitrogens with two attached hydrogens (primary N) is 1. The highest BCUT2D eigenvalue weighted by Crippen LogP contribution is 2.38. The molecule has 110 valence electrons. The van der Waals surface area contributed by atoms with Crippen molar-refractivity contribution >= 4 is 11.6 Å². The largest absolute Gasteiger partial charge is 0.366 e. The first-order chi connectivity index (χ1) is 10.3. The Morgan fingerprint density at radius 1 is 1.10 bits per heavy atom. The molecule has 5 heteroatoms. The van der Waals surface area contributed by atoms with Gasteiger partial charge in [-0.05, 0) is 30.4 Å². The molecule has 1 heterocycles. The van der Waals surface area contributed by atoms with E-state index in [9.17, 15) is 0 Å². The van der Waals surface area contributed by atoms with Crippen LogP contribution in [0.4, 0.5) is 11.6 Å². The summed E-state index contributed by atoms with van der Waals surface area (Å²) < 4.78 is 0. The third kappa shape index (κ3) is 3.49. The minimum absolute atomic E-state index is 0.502. The van der Waals surface area contributed by atoms with Crippen LogP contribution in [0.2, 0.25) is 0 Å². The molecule has 21 heavy (non-hydrogen) atoms. The average Bonchev–Trinajstić information content (AvgIpc) is 3.38. The maximum atomic E-state index is 5.48. The van der Waals surface area contributed by atoms with Crippen LogP contribution in [-0.2, 0) is 13.0 Å². The van der Waals surface area contributed by atoms with E-state index in [2.05, 4.69) is 51.9 Å². The Morgan fingerprint density at radius 3 is 2.38 bits per heavy atom. The summed E-state index contributed by atoms with van der Waals surface area (Å²) in [6.45, 7) is 2.91. The first kappa shape index (κ1) is 13.8. The molecule has 2 aromatic rings. The van der Waals surface area contributed by atoms with Crippen LogP contribution in [0.15, 0.2) is 30.3 Å². The second-order valence-corrected chi connectivity index (χ2v) is 5.44. The number of aromatic nitrogens is 2. The van der Waals surface area contributed by atoms with Gasteiger partial charge in [-0.3, -0.25) is 0 Å². The van der Waals surface area contributed by atoms with Gasteiger partial charge in [-0.15, -0.1) is 0 Å². The highest BCUT2D eigenvalue weighted by molar-refractivity contribution is 5.48. The lowest BCUT2D eigenvalue weighted by atomic mass is 10.1. The zero-order chi connectivity index (χ0) is 14.7. The van der Waals surface area contributed by atoms with Gasteiger partial charge >= 0.3 is 0 Å². The van der Waals surface area contributed by atoms with E-state index in [1.54, 1.807) is 0 Å². The van der Waals surface area contributed by atoms with Gasteiger partial charge in [0.25, 0.3) is 0 Å². The number of nitrogens with zero attached hydrogens (tertiary/aromatic N) is 2. The number of nitrogen functional groups attached to an aromatic ring is 1.